The Bertz CT molecular complexity index is 1010. The fourth-order valence-electron chi connectivity index (χ4n) is 2.36. The number of thiazole rings is 1. The Hall–Kier alpha value is -3.12. The van der Waals surface area contributed by atoms with E-state index in [1.54, 1.807) is 22.9 Å². The van der Waals surface area contributed by atoms with Crippen molar-refractivity contribution < 1.29 is 10.2 Å². The van der Waals surface area contributed by atoms with Crippen molar-refractivity contribution in [3.63, 3.8) is 0 Å². The van der Waals surface area contributed by atoms with Crippen molar-refractivity contribution in [2.24, 2.45) is 10.1 Å². The summed E-state index contributed by atoms with van der Waals surface area (Å²) in [5, 5.41) is 26.1. The zero-order valence-electron chi connectivity index (χ0n) is 14.3. The van der Waals surface area contributed by atoms with Gasteiger partial charge in [0.1, 0.15) is 0 Å². The van der Waals surface area contributed by atoms with Crippen LogP contribution in [0.25, 0.3) is 11.3 Å². The molecule has 1 aromatic heterocycles. The van der Waals surface area contributed by atoms with Crippen LogP contribution in [0.1, 0.15) is 11.1 Å². The molecule has 3 rings (SSSR count). The average molecular weight is 365 g/mol. The number of aromatic hydroxyl groups is 2. The summed E-state index contributed by atoms with van der Waals surface area (Å²) in [4.78, 5) is 5.20. The standard InChI is InChI=1S/C20H19N3O2S/c1-3-11-21-20-23(22-12-16-5-4-6-18(24)19(16)25)17(13-26-20)15-9-7-14(2)8-10-15/h3-10,12-13,24-25H,1,11H2,2H3. The fourth-order valence-corrected chi connectivity index (χ4v) is 3.20. The van der Waals surface area contributed by atoms with Crippen LogP contribution < -0.4 is 4.80 Å². The summed E-state index contributed by atoms with van der Waals surface area (Å²) in [6.07, 6.45) is 3.23. The minimum atomic E-state index is -0.200. The number of aryl methyl sites for hydroxylation is 1. The zero-order valence-corrected chi connectivity index (χ0v) is 15.1. The lowest BCUT2D eigenvalue weighted by Crippen LogP contribution is -2.12. The largest absolute Gasteiger partial charge is 0.504 e. The van der Waals surface area contributed by atoms with Crippen LogP contribution in [0.2, 0.25) is 0 Å². The van der Waals surface area contributed by atoms with E-state index in [9.17, 15) is 10.2 Å². The monoisotopic (exact) mass is 365 g/mol. The van der Waals surface area contributed by atoms with Crippen molar-refractivity contribution in [1.82, 2.24) is 4.68 Å². The molecule has 2 aromatic carbocycles. The van der Waals surface area contributed by atoms with Crippen molar-refractivity contribution >= 4 is 17.6 Å². The van der Waals surface area contributed by atoms with Gasteiger partial charge in [0.05, 0.1) is 18.5 Å². The Morgan fingerprint density at radius 3 is 2.65 bits per heavy atom. The highest BCUT2D eigenvalue weighted by atomic mass is 32.1. The Morgan fingerprint density at radius 2 is 1.92 bits per heavy atom. The predicted molar refractivity (Wildman–Crippen MR) is 106 cm³/mol. The molecule has 3 aromatic rings. The van der Waals surface area contributed by atoms with Crippen molar-refractivity contribution in [1.29, 1.82) is 0 Å². The molecule has 1 heterocycles. The van der Waals surface area contributed by atoms with Gasteiger partial charge in [-0.15, -0.1) is 17.9 Å². The highest BCUT2D eigenvalue weighted by molar-refractivity contribution is 7.07. The van der Waals surface area contributed by atoms with E-state index >= 15 is 0 Å². The molecular formula is C20H19N3O2S. The van der Waals surface area contributed by atoms with Gasteiger partial charge in [0.15, 0.2) is 11.5 Å². The molecule has 0 saturated carbocycles. The molecule has 5 nitrogen and oxygen atoms in total. The van der Waals surface area contributed by atoms with Crippen LogP contribution in [0.4, 0.5) is 0 Å². The quantitative estimate of drug-likeness (QED) is 0.409. The minimum Gasteiger partial charge on any atom is -0.504 e. The van der Waals surface area contributed by atoms with Crippen LogP contribution in [-0.2, 0) is 0 Å². The van der Waals surface area contributed by atoms with Gasteiger partial charge >= 0.3 is 0 Å². The van der Waals surface area contributed by atoms with E-state index in [1.165, 1.54) is 29.2 Å². The van der Waals surface area contributed by atoms with Gasteiger partial charge in [-0.05, 0) is 19.1 Å². The van der Waals surface area contributed by atoms with E-state index in [4.69, 9.17) is 0 Å². The van der Waals surface area contributed by atoms with E-state index in [0.29, 0.717) is 12.1 Å². The van der Waals surface area contributed by atoms with E-state index in [-0.39, 0.29) is 11.5 Å². The van der Waals surface area contributed by atoms with Gasteiger partial charge in [0, 0.05) is 16.5 Å². The van der Waals surface area contributed by atoms with Gasteiger partial charge in [0.25, 0.3) is 0 Å². The molecule has 0 aliphatic carbocycles. The van der Waals surface area contributed by atoms with Crippen LogP contribution >= 0.6 is 11.3 Å². The third-order valence-corrected chi connectivity index (χ3v) is 4.60. The lowest BCUT2D eigenvalue weighted by Gasteiger charge is -2.05. The summed E-state index contributed by atoms with van der Waals surface area (Å²) in [5.74, 6) is -0.381. The molecule has 0 aliphatic heterocycles. The van der Waals surface area contributed by atoms with Crippen molar-refractivity contribution in [2.45, 2.75) is 6.92 Å². The maximum absolute atomic E-state index is 9.97. The van der Waals surface area contributed by atoms with E-state index in [1.807, 2.05) is 36.6 Å². The molecule has 0 aliphatic rings. The second-order valence-electron chi connectivity index (χ2n) is 5.67. The molecule has 0 radical (unpaired) electrons. The minimum absolute atomic E-state index is 0.181. The molecule has 0 amide bonds. The Labute approximate surface area is 155 Å². The summed E-state index contributed by atoms with van der Waals surface area (Å²) in [5.41, 5.74) is 3.52. The first kappa shape index (κ1) is 17.7. The Morgan fingerprint density at radius 1 is 1.15 bits per heavy atom. The number of phenolic OH excluding ortho intramolecular Hbond substituents is 2. The number of rotatable bonds is 5. The maximum atomic E-state index is 9.97. The summed E-state index contributed by atoms with van der Waals surface area (Å²) in [7, 11) is 0. The SMILES string of the molecule is C=CCN=c1scc(-c2ccc(C)cc2)n1N=Cc1cccc(O)c1O. The topological polar surface area (TPSA) is 70.1 Å². The van der Waals surface area contributed by atoms with Crippen molar-refractivity contribution in [3.05, 3.63) is 76.4 Å². The van der Waals surface area contributed by atoms with Crippen molar-refractivity contribution in [3.8, 4) is 22.8 Å². The van der Waals surface area contributed by atoms with Gasteiger partial charge < -0.3 is 10.2 Å². The van der Waals surface area contributed by atoms with E-state index in [2.05, 4.69) is 16.7 Å². The smallest absolute Gasteiger partial charge is 0.206 e. The second kappa shape index (κ2) is 7.84. The molecule has 0 spiro atoms. The molecule has 26 heavy (non-hydrogen) atoms. The molecule has 6 heteroatoms. The van der Waals surface area contributed by atoms with Crippen LogP contribution in [0.5, 0.6) is 11.5 Å². The third kappa shape index (κ3) is 3.75. The third-order valence-electron chi connectivity index (χ3n) is 3.75. The first-order chi connectivity index (χ1) is 12.6. The van der Waals surface area contributed by atoms with Crippen LogP contribution in [0, 0.1) is 6.92 Å². The predicted octanol–water partition coefficient (Wildman–Crippen LogP) is 3.91. The molecule has 0 unspecified atom stereocenters. The van der Waals surface area contributed by atoms with Gasteiger partial charge in [0.2, 0.25) is 4.80 Å². The summed E-state index contributed by atoms with van der Waals surface area (Å²) in [6, 6.07) is 12.9. The molecule has 0 fully saturated rings. The normalized spacial score (nSPS) is 12.0. The molecule has 132 valence electrons. The number of aromatic nitrogens is 1. The lowest BCUT2D eigenvalue weighted by molar-refractivity contribution is 0.403. The molecule has 0 atom stereocenters. The van der Waals surface area contributed by atoms with Gasteiger partial charge in [-0.1, -0.05) is 42.0 Å². The lowest BCUT2D eigenvalue weighted by atomic mass is 10.1. The number of benzene rings is 2. The maximum Gasteiger partial charge on any atom is 0.206 e. The second-order valence-corrected chi connectivity index (χ2v) is 6.51. The first-order valence-electron chi connectivity index (χ1n) is 8.04. The summed E-state index contributed by atoms with van der Waals surface area (Å²) in [6.45, 7) is 6.22. The average Bonchev–Trinajstić information content (AvgIpc) is 3.04. The number of para-hydroxylation sites is 1. The number of hydrogen-bond acceptors (Lipinski definition) is 5. The highest BCUT2D eigenvalue weighted by Gasteiger charge is 2.08. The molecule has 0 saturated heterocycles. The van der Waals surface area contributed by atoms with Crippen LogP contribution in [-0.4, -0.2) is 27.6 Å². The van der Waals surface area contributed by atoms with E-state index < -0.39 is 0 Å². The number of nitrogens with zero attached hydrogens (tertiary/aromatic N) is 3. The van der Waals surface area contributed by atoms with Crippen LogP contribution in [0.3, 0.4) is 0 Å². The number of hydrogen-bond donors (Lipinski definition) is 2. The number of phenols is 2. The molecule has 2 N–H and O–H groups in total. The molecule has 0 bridgehead atoms. The Kier molecular flexibility index (Phi) is 5.34. The van der Waals surface area contributed by atoms with E-state index in [0.717, 1.165) is 16.1 Å². The highest BCUT2D eigenvalue weighted by Crippen LogP contribution is 2.27. The van der Waals surface area contributed by atoms with Crippen molar-refractivity contribution in [2.75, 3.05) is 6.54 Å². The summed E-state index contributed by atoms with van der Waals surface area (Å²) >= 11 is 1.48. The Balaban J connectivity index is 2.10. The fraction of sp³-hybridized carbons (Fsp3) is 0.100. The van der Waals surface area contributed by atoms with Gasteiger partial charge in [-0.2, -0.15) is 5.10 Å². The molecular weight excluding hydrogens is 346 g/mol. The zero-order chi connectivity index (χ0) is 18.5. The van der Waals surface area contributed by atoms with Gasteiger partial charge in [-0.3, -0.25) is 4.99 Å². The van der Waals surface area contributed by atoms with Gasteiger partial charge in [-0.25, -0.2) is 4.68 Å². The van der Waals surface area contributed by atoms with Crippen LogP contribution in [0.15, 0.2) is 70.6 Å². The first-order valence-corrected chi connectivity index (χ1v) is 8.92. The summed E-state index contributed by atoms with van der Waals surface area (Å²) < 4.78 is 1.72.